The summed E-state index contributed by atoms with van der Waals surface area (Å²) < 4.78 is 4.73. The van der Waals surface area contributed by atoms with Gasteiger partial charge in [-0.25, -0.2) is 4.79 Å². The summed E-state index contributed by atoms with van der Waals surface area (Å²) >= 11 is 0. The number of nitrogens with one attached hydrogen (secondary N) is 1. The fourth-order valence-corrected chi connectivity index (χ4v) is 1.51. The highest BCUT2D eigenvalue weighted by atomic mass is 16.5. The van der Waals surface area contributed by atoms with Gasteiger partial charge in [0.1, 0.15) is 0 Å². The molecule has 0 bridgehead atoms. The molecule has 4 heteroatoms. The molecule has 4 nitrogen and oxygen atoms in total. The van der Waals surface area contributed by atoms with E-state index in [1.807, 2.05) is 32.0 Å². The highest BCUT2D eigenvalue weighted by molar-refractivity contribution is 5.86. The SMILES string of the molecule is CCC(C)C(=O)N[C@H](C(=O)OC)c1ccccc1. The molecule has 98 valence electrons. The average molecular weight is 249 g/mol. The third-order valence-corrected chi connectivity index (χ3v) is 2.92. The number of methoxy groups -OCH3 is 1. The quantitative estimate of drug-likeness (QED) is 0.813. The average Bonchev–Trinajstić information content (AvgIpc) is 2.43. The van der Waals surface area contributed by atoms with Crippen molar-refractivity contribution in [2.75, 3.05) is 7.11 Å². The first-order valence-corrected chi connectivity index (χ1v) is 6.03. The molecule has 0 aliphatic heterocycles. The van der Waals surface area contributed by atoms with Crippen LogP contribution in [0.1, 0.15) is 31.9 Å². The molecule has 1 aromatic carbocycles. The monoisotopic (exact) mass is 249 g/mol. The summed E-state index contributed by atoms with van der Waals surface area (Å²) in [6.45, 7) is 3.76. The van der Waals surface area contributed by atoms with Crippen LogP contribution in [0, 0.1) is 5.92 Å². The topological polar surface area (TPSA) is 55.4 Å². The molecular weight excluding hydrogens is 230 g/mol. The van der Waals surface area contributed by atoms with Gasteiger partial charge in [0, 0.05) is 5.92 Å². The first-order chi connectivity index (χ1) is 8.60. The lowest BCUT2D eigenvalue weighted by Gasteiger charge is -2.18. The minimum Gasteiger partial charge on any atom is -0.467 e. The molecule has 0 aliphatic rings. The van der Waals surface area contributed by atoms with E-state index in [9.17, 15) is 9.59 Å². The molecule has 0 aliphatic carbocycles. The highest BCUT2D eigenvalue weighted by Gasteiger charge is 2.24. The zero-order chi connectivity index (χ0) is 13.5. The van der Waals surface area contributed by atoms with Gasteiger partial charge < -0.3 is 10.1 Å². The van der Waals surface area contributed by atoms with Crippen LogP contribution in [0.4, 0.5) is 0 Å². The van der Waals surface area contributed by atoms with E-state index in [1.54, 1.807) is 12.1 Å². The Morgan fingerprint density at radius 1 is 1.28 bits per heavy atom. The number of carbonyl (C=O) groups excluding carboxylic acids is 2. The van der Waals surface area contributed by atoms with Gasteiger partial charge in [-0.1, -0.05) is 44.2 Å². The van der Waals surface area contributed by atoms with Crippen molar-refractivity contribution >= 4 is 11.9 Å². The second kappa shape index (κ2) is 6.79. The summed E-state index contributed by atoms with van der Waals surface area (Å²) in [6.07, 6.45) is 0.731. The van der Waals surface area contributed by atoms with E-state index in [2.05, 4.69) is 5.32 Å². The Kier molecular flexibility index (Phi) is 5.36. The molecule has 1 N–H and O–H groups in total. The van der Waals surface area contributed by atoms with Crippen LogP contribution in [-0.4, -0.2) is 19.0 Å². The maximum atomic E-state index is 11.9. The minimum atomic E-state index is -0.738. The van der Waals surface area contributed by atoms with E-state index >= 15 is 0 Å². The van der Waals surface area contributed by atoms with Crippen LogP contribution in [0.3, 0.4) is 0 Å². The van der Waals surface area contributed by atoms with Crippen molar-refractivity contribution in [3.05, 3.63) is 35.9 Å². The van der Waals surface area contributed by atoms with Gasteiger partial charge in [-0.2, -0.15) is 0 Å². The van der Waals surface area contributed by atoms with E-state index in [4.69, 9.17) is 4.74 Å². The van der Waals surface area contributed by atoms with Crippen LogP contribution in [-0.2, 0) is 14.3 Å². The molecule has 0 saturated heterocycles. The molecular formula is C14H19NO3. The molecule has 1 aromatic rings. The number of hydrogen-bond acceptors (Lipinski definition) is 3. The highest BCUT2D eigenvalue weighted by Crippen LogP contribution is 2.15. The normalized spacial score (nSPS) is 13.5. The summed E-state index contributed by atoms with van der Waals surface area (Å²) in [6, 6.07) is 8.34. The Bertz CT molecular complexity index is 403. The molecule has 1 unspecified atom stereocenters. The lowest BCUT2D eigenvalue weighted by Crippen LogP contribution is -2.37. The first-order valence-electron chi connectivity index (χ1n) is 6.03. The minimum absolute atomic E-state index is 0.124. The van der Waals surface area contributed by atoms with Gasteiger partial charge in [0.05, 0.1) is 7.11 Å². The molecule has 0 radical (unpaired) electrons. The zero-order valence-corrected chi connectivity index (χ0v) is 11.0. The van der Waals surface area contributed by atoms with Crippen molar-refractivity contribution in [1.29, 1.82) is 0 Å². The summed E-state index contributed by atoms with van der Waals surface area (Å²) in [7, 11) is 1.31. The van der Waals surface area contributed by atoms with Gasteiger partial charge in [0.25, 0.3) is 0 Å². The third-order valence-electron chi connectivity index (χ3n) is 2.92. The number of hydrogen-bond donors (Lipinski definition) is 1. The number of ether oxygens (including phenoxy) is 1. The van der Waals surface area contributed by atoms with Crippen LogP contribution in [0.2, 0.25) is 0 Å². The van der Waals surface area contributed by atoms with Crippen molar-refractivity contribution in [3.63, 3.8) is 0 Å². The molecule has 2 atom stereocenters. The maximum Gasteiger partial charge on any atom is 0.333 e. The summed E-state index contributed by atoms with van der Waals surface area (Å²) in [5.74, 6) is -0.726. The molecule has 1 rings (SSSR count). The van der Waals surface area contributed by atoms with Gasteiger partial charge in [-0.15, -0.1) is 0 Å². The fourth-order valence-electron chi connectivity index (χ4n) is 1.51. The largest absolute Gasteiger partial charge is 0.467 e. The molecule has 0 heterocycles. The summed E-state index contributed by atoms with van der Waals surface area (Å²) in [4.78, 5) is 23.6. The van der Waals surface area contributed by atoms with E-state index < -0.39 is 12.0 Å². The Hall–Kier alpha value is -1.84. The number of carbonyl (C=O) groups is 2. The molecule has 0 spiro atoms. The van der Waals surface area contributed by atoms with Gasteiger partial charge in [-0.05, 0) is 12.0 Å². The second-order valence-corrected chi connectivity index (χ2v) is 4.18. The smallest absolute Gasteiger partial charge is 0.333 e. The molecule has 0 aromatic heterocycles. The van der Waals surface area contributed by atoms with Crippen molar-refractivity contribution in [3.8, 4) is 0 Å². The predicted molar refractivity (Wildman–Crippen MR) is 68.8 cm³/mol. The summed E-state index contributed by atoms with van der Waals surface area (Å²) in [5.41, 5.74) is 0.723. The number of amides is 1. The molecule has 1 amide bonds. The Morgan fingerprint density at radius 2 is 1.89 bits per heavy atom. The fraction of sp³-hybridized carbons (Fsp3) is 0.429. The van der Waals surface area contributed by atoms with Crippen LogP contribution in [0.5, 0.6) is 0 Å². The maximum absolute atomic E-state index is 11.9. The summed E-state index contributed by atoms with van der Waals surface area (Å²) in [5, 5.41) is 2.72. The van der Waals surface area contributed by atoms with E-state index in [0.29, 0.717) is 0 Å². The predicted octanol–water partition coefficient (Wildman–Crippen LogP) is 2.06. The van der Waals surface area contributed by atoms with Crippen LogP contribution >= 0.6 is 0 Å². The second-order valence-electron chi connectivity index (χ2n) is 4.18. The standard InChI is InChI=1S/C14H19NO3/c1-4-10(2)13(16)15-12(14(17)18-3)11-8-6-5-7-9-11/h5-10,12H,4H2,1-3H3,(H,15,16)/t10?,12-/m0/s1. The molecule has 18 heavy (non-hydrogen) atoms. The van der Waals surface area contributed by atoms with Crippen molar-refractivity contribution < 1.29 is 14.3 Å². The lowest BCUT2D eigenvalue weighted by atomic mass is 10.0. The number of esters is 1. The third kappa shape index (κ3) is 3.58. The number of rotatable bonds is 5. The van der Waals surface area contributed by atoms with Gasteiger partial charge in [-0.3, -0.25) is 4.79 Å². The Morgan fingerprint density at radius 3 is 2.39 bits per heavy atom. The Labute approximate surface area is 107 Å². The van der Waals surface area contributed by atoms with Crippen LogP contribution in [0.15, 0.2) is 30.3 Å². The van der Waals surface area contributed by atoms with Crippen molar-refractivity contribution in [1.82, 2.24) is 5.32 Å². The van der Waals surface area contributed by atoms with Gasteiger partial charge in [0.2, 0.25) is 5.91 Å². The Balaban J connectivity index is 2.87. The van der Waals surface area contributed by atoms with Gasteiger partial charge in [0.15, 0.2) is 6.04 Å². The molecule has 0 fully saturated rings. The van der Waals surface area contributed by atoms with Gasteiger partial charge >= 0.3 is 5.97 Å². The van der Waals surface area contributed by atoms with E-state index in [0.717, 1.165) is 12.0 Å². The van der Waals surface area contributed by atoms with Crippen molar-refractivity contribution in [2.24, 2.45) is 5.92 Å². The first kappa shape index (κ1) is 14.2. The van der Waals surface area contributed by atoms with Crippen LogP contribution in [0.25, 0.3) is 0 Å². The zero-order valence-electron chi connectivity index (χ0n) is 11.0. The lowest BCUT2D eigenvalue weighted by molar-refractivity contribution is -0.145. The van der Waals surface area contributed by atoms with Crippen LogP contribution < -0.4 is 5.32 Å². The number of benzene rings is 1. The van der Waals surface area contributed by atoms with E-state index in [-0.39, 0.29) is 11.8 Å². The van der Waals surface area contributed by atoms with E-state index in [1.165, 1.54) is 7.11 Å². The molecule has 0 saturated carbocycles. The van der Waals surface area contributed by atoms with Crippen molar-refractivity contribution in [2.45, 2.75) is 26.3 Å².